The van der Waals surface area contributed by atoms with Crippen molar-refractivity contribution in [1.29, 1.82) is 0 Å². The van der Waals surface area contributed by atoms with Gasteiger partial charge in [-0.3, -0.25) is 4.79 Å². The average Bonchev–Trinajstić information content (AvgIpc) is 3.07. The van der Waals surface area contributed by atoms with Crippen molar-refractivity contribution >= 4 is 23.1 Å². The number of aromatic amines is 1. The van der Waals surface area contributed by atoms with E-state index in [1.165, 1.54) is 12.8 Å². The molecule has 1 aliphatic rings. The Morgan fingerprint density at radius 3 is 2.33 bits per heavy atom. The lowest BCUT2D eigenvalue weighted by molar-refractivity contribution is 0.0599. The number of ketones is 1. The van der Waals surface area contributed by atoms with Gasteiger partial charge in [-0.15, -0.1) is 0 Å². The Morgan fingerprint density at radius 1 is 1.13 bits per heavy atom. The summed E-state index contributed by atoms with van der Waals surface area (Å²) in [5, 5.41) is 3.27. The summed E-state index contributed by atoms with van der Waals surface area (Å²) < 4.78 is 4.83. The van der Waals surface area contributed by atoms with E-state index in [2.05, 4.69) is 39.2 Å². The third-order valence-corrected chi connectivity index (χ3v) is 5.90. The summed E-state index contributed by atoms with van der Waals surface area (Å²) >= 11 is 0. The Labute approximate surface area is 178 Å². The van der Waals surface area contributed by atoms with Crippen LogP contribution in [0.5, 0.6) is 0 Å². The quantitative estimate of drug-likeness (QED) is 0.537. The molecule has 1 aliphatic heterocycles. The van der Waals surface area contributed by atoms with Crippen LogP contribution in [-0.4, -0.2) is 67.5 Å². The van der Waals surface area contributed by atoms with Crippen molar-refractivity contribution in [3.05, 3.63) is 46.8 Å². The fourth-order valence-corrected chi connectivity index (χ4v) is 4.03. The van der Waals surface area contributed by atoms with E-state index in [-0.39, 0.29) is 5.78 Å². The molecule has 0 aliphatic carbocycles. The lowest BCUT2D eigenvalue weighted by Gasteiger charge is -2.35. The maximum Gasteiger partial charge on any atom is 0.339 e. The molecule has 3 rings (SSSR count). The number of carbonyl (C=O) groups excluding carboxylic acids is 2. The molecule has 0 unspecified atom stereocenters. The van der Waals surface area contributed by atoms with E-state index in [1.54, 1.807) is 13.8 Å². The molecular formula is C23H32N4O3. The van der Waals surface area contributed by atoms with Crippen LogP contribution in [-0.2, 0) is 4.74 Å². The second-order valence-electron chi connectivity index (χ2n) is 7.82. The third-order valence-electron chi connectivity index (χ3n) is 5.90. The topological polar surface area (TPSA) is 77.7 Å². The third kappa shape index (κ3) is 4.51. The summed E-state index contributed by atoms with van der Waals surface area (Å²) in [7, 11) is 1.34. The highest BCUT2D eigenvalue weighted by Gasteiger charge is 2.25. The van der Waals surface area contributed by atoms with E-state index < -0.39 is 12.0 Å². The number of carbonyl (C=O) groups is 2. The van der Waals surface area contributed by atoms with Gasteiger partial charge in [-0.05, 0) is 57.1 Å². The summed E-state index contributed by atoms with van der Waals surface area (Å²) in [6, 6.07) is 7.78. The van der Waals surface area contributed by atoms with Gasteiger partial charge in [0.25, 0.3) is 0 Å². The molecule has 30 heavy (non-hydrogen) atoms. The Hall–Kier alpha value is -2.80. The van der Waals surface area contributed by atoms with E-state index in [0.717, 1.165) is 38.4 Å². The molecule has 2 aromatic rings. The molecule has 2 heterocycles. The molecule has 1 fully saturated rings. The molecule has 0 saturated carbocycles. The summed E-state index contributed by atoms with van der Waals surface area (Å²) in [4.78, 5) is 32.8. The van der Waals surface area contributed by atoms with Gasteiger partial charge in [0.1, 0.15) is 0 Å². The second-order valence-corrected chi connectivity index (χ2v) is 7.82. The normalized spacial score (nSPS) is 15.7. The van der Waals surface area contributed by atoms with E-state index in [4.69, 9.17) is 4.74 Å². The molecular weight excluding hydrogens is 380 g/mol. The molecule has 2 N–H and O–H groups in total. The fourth-order valence-electron chi connectivity index (χ4n) is 4.03. The number of Topliss-reactive ketones (excluding diaryl/α,β-unsaturated/α-hetero) is 1. The Kier molecular flexibility index (Phi) is 6.82. The van der Waals surface area contributed by atoms with Gasteiger partial charge in [0.2, 0.25) is 5.78 Å². The van der Waals surface area contributed by atoms with Crippen molar-refractivity contribution in [1.82, 2.24) is 9.88 Å². The van der Waals surface area contributed by atoms with Gasteiger partial charge < -0.3 is 24.8 Å². The van der Waals surface area contributed by atoms with Crippen LogP contribution in [0.25, 0.3) is 0 Å². The lowest BCUT2D eigenvalue weighted by atomic mass is 10.0. The number of likely N-dealkylation sites (N-methyl/N-ethyl adjacent to an activating group) is 1. The zero-order valence-corrected chi connectivity index (χ0v) is 18.5. The van der Waals surface area contributed by atoms with Crippen molar-refractivity contribution in [3.63, 3.8) is 0 Å². The van der Waals surface area contributed by atoms with Gasteiger partial charge in [-0.25, -0.2) is 4.79 Å². The number of nitrogens with zero attached hydrogens (tertiary/aromatic N) is 2. The Balaban J connectivity index is 1.65. The van der Waals surface area contributed by atoms with Crippen LogP contribution in [0.4, 0.5) is 11.4 Å². The van der Waals surface area contributed by atoms with Gasteiger partial charge in [-0.1, -0.05) is 6.92 Å². The predicted molar refractivity (Wildman–Crippen MR) is 120 cm³/mol. The molecule has 1 atom stereocenters. The van der Waals surface area contributed by atoms with Crippen LogP contribution >= 0.6 is 0 Å². The summed E-state index contributed by atoms with van der Waals surface area (Å²) in [5.74, 6) is -0.526. The molecule has 7 nitrogen and oxygen atoms in total. The van der Waals surface area contributed by atoms with Gasteiger partial charge in [-0.2, -0.15) is 0 Å². The monoisotopic (exact) mass is 412 g/mol. The van der Waals surface area contributed by atoms with Crippen LogP contribution in [0.2, 0.25) is 0 Å². The molecule has 0 radical (unpaired) electrons. The molecule has 0 amide bonds. The first-order chi connectivity index (χ1) is 14.3. The first kappa shape index (κ1) is 21.9. The number of aryl methyl sites for hydroxylation is 1. The predicted octanol–water partition coefficient (Wildman–Crippen LogP) is 3.24. The van der Waals surface area contributed by atoms with Crippen LogP contribution in [0.3, 0.4) is 0 Å². The van der Waals surface area contributed by atoms with Crippen molar-refractivity contribution in [3.8, 4) is 0 Å². The van der Waals surface area contributed by atoms with Gasteiger partial charge >= 0.3 is 5.97 Å². The SMILES string of the molecule is CCN1CCN(c2ccc(N[C@H](C)C(=O)c3[nH]c(C)c(C(=O)OC)c3C)cc2)CC1. The Bertz CT molecular complexity index is 896. The molecule has 7 heteroatoms. The van der Waals surface area contributed by atoms with Crippen LogP contribution < -0.4 is 10.2 Å². The summed E-state index contributed by atoms with van der Waals surface area (Å²) in [6.07, 6.45) is 0. The number of esters is 1. The first-order valence-electron chi connectivity index (χ1n) is 10.5. The van der Waals surface area contributed by atoms with Crippen LogP contribution in [0, 0.1) is 13.8 Å². The lowest BCUT2D eigenvalue weighted by Crippen LogP contribution is -2.46. The maximum atomic E-state index is 13.0. The first-order valence-corrected chi connectivity index (χ1v) is 10.5. The summed E-state index contributed by atoms with van der Waals surface area (Å²) in [5.41, 5.74) is 4.23. The standard InChI is InChI=1S/C23H32N4O3/c1-6-26-11-13-27(14-12-26)19-9-7-18(8-10-19)24-17(4)22(28)21-15(2)20(16(3)25-21)23(29)30-5/h7-10,17,24-25H,6,11-14H2,1-5H3/t17-/m1/s1. The average molecular weight is 413 g/mol. The van der Waals surface area contributed by atoms with Gasteiger partial charge in [0.05, 0.1) is 24.4 Å². The number of piperazine rings is 1. The molecule has 0 spiro atoms. The van der Waals surface area contributed by atoms with E-state index in [0.29, 0.717) is 22.5 Å². The highest BCUT2D eigenvalue weighted by Crippen LogP contribution is 2.23. The minimum absolute atomic E-state index is 0.0921. The number of rotatable bonds is 7. The number of ether oxygens (including phenoxy) is 1. The molecule has 0 bridgehead atoms. The van der Waals surface area contributed by atoms with Gasteiger partial charge in [0, 0.05) is 43.2 Å². The van der Waals surface area contributed by atoms with Crippen molar-refractivity contribution < 1.29 is 14.3 Å². The van der Waals surface area contributed by atoms with Gasteiger partial charge in [0.15, 0.2) is 0 Å². The highest BCUT2D eigenvalue weighted by molar-refractivity contribution is 6.04. The van der Waals surface area contributed by atoms with Crippen molar-refractivity contribution in [2.45, 2.75) is 33.7 Å². The minimum atomic E-state index is -0.439. The van der Waals surface area contributed by atoms with Crippen molar-refractivity contribution in [2.75, 3.05) is 50.1 Å². The molecule has 1 aromatic carbocycles. The number of methoxy groups -OCH3 is 1. The second kappa shape index (κ2) is 9.34. The number of hydrogen-bond donors (Lipinski definition) is 2. The number of aromatic nitrogens is 1. The minimum Gasteiger partial charge on any atom is -0.465 e. The largest absolute Gasteiger partial charge is 0.465 e. The number of hydrogen-bond acceptors (Lipinski definition) is 6. The fraction of sp³-hybridized carbons (Fsp3) is 0.478. The number of anilines is 2. The Morgan fingerprint density at radius 2 is 1.77 bits per heavy atom. The number of nitrogens with one attached hydrogen (secondary N) is 2. The zero-order chi connectivity index (χ0) is 21.8. The highest BCUT2D eigenvalue weighted by atomic mass is 16.5. The van der Waals surface area contributed by atoms with E-state index in [1.807, 2.05) is 19.1 Å². The number of benzene rings is 1. The smallest absolute Gasteiger partial charge is 0.339 e. The maximum absolute atomic E-state index is 13.0. The van der Waals surface area contributed by atoms with Crippen LogP contribution in [0.1, 0.15) is 46.0 Å². The molecule has 1 aromatic heterocycles. The molecule has 1 saturated heterocycles. The van der Waals surface area contributed by atoms with E-state index >= 15 is 0 Å². The zero-order valence-electron chi connectivity index (χ0n) is 18.5. The van der Waals surface area contributed by atoms with E-state index in [9.17, 15) is 9.59 Å². The van der Waals surface area contributed by atoms with Crippen molar-refractivity contribution in [2.24, 2.45) is 0 Å². The summed E-state index contributed by atoms with van der Waals surface area (Å²) in [6.45, 7) is 12.9. The van der Waals surface area contributed by atoms with Crippen LogP contribution in [0.15, 0.2) is 24.3 Å². The number of H-pyrrole nitrogens is 1. The molecule has 162 valence electrons.